The van der Waals surface area contributed by atoms with Crippen molar-refractivity contribution in [3.05, 3.63) is 90.6 Å². The molecule has 0 amide bonds. The Balaban J connectivity index is 1.69. The summed E-state index contributed by atoms with van der Waals surface area (Å²) in [5, 5.41) is 13.7. The van der Waals surface area contributed by atoms with Crippen molar-refractivity contribution >= 4 is 22.3 Å². The molecular weight excluding hydrogens is 322 g/mol. The maximum atomic E-state index is 9.45. The average Bonchev–Trinajstić information content (AvgIpc) is 2.69. The van der Waals surface area contributed by atoms with Crippen LogP contribution < -0.4 is 10.1 Å². The van der Waals surface area contributed by atoms with Gasteiger partial charge in [-0.25, -0.2) is 0 Å². The van der Waals surface area contributed by atoms with E-state index in [1.807, 2.05) is 78.9 Å². The Kier molecular flexibility index (Phi) is 4.19. The fourth-order valence-corrected chi connectivity index (χ4v) is 2.77. The highest BCUT2D eigenvalue weighted by molar-refractivity contribution is 5.95. The quantitative estimate of drug-likeness (QED) is 0.523. The molecule has 0 fully saturated rings. The molecule has 0 radical (unpaired) electrons. The third-order valence-corrected chi connectivity index (χ3v) is 3.98. The number of hydrogen-bond acceptors (Lipinski definition) is 4. The van der Waals surface area contributed by atoms with Crippen LogP contribution in [0.15, 0.2) is 85.1 Å². The number of anilines is 2. The number of rotatable bonds is 4. The Bertz CT molecular complexity index is 1100. The van der Waals surface area contributed by atoms with Crippen LogP contribution in [0, 0.1) is 11.3 Å². The van der Waals surface area contributed by atoms with E-state index in [0.717, 1.165) is 33.8 Å². The van der Waals surface area contributed by atoms with Gasteiger partial charge >= 0.3 is 0 Å². The Hall–Kier alpha value is -3.84. The molecule has 4 aromatic rings. The number of nitrogens with one attached hydrogen (secondary N) is 1. The van der Waals surface area contributed by atoms with Gasteiger partial charge in [-0.3, -0.25) is 4.98 Å². The van der Waals surface area contributed by atoms with Crippen molar-refractivity contribution in [1.29, 1.82) is 5.26 Å². The third kappa shape index (κ3) is 3.19. The van der Waals surface area contributed by atoms with Crippen molar-refractivity contribution in [2.24, 2.45) is 0 Å². The van der Waals surface area contributed by atoms with E-state index in [-0.39, 0.29) is 0 Å². The van der Waals surface area contributed by atoms with E-state index in [1.165, 1.54) is 0 Å². The van der Waals surface area contributed by atoms with Crippen LogP contribution in [0.4, 0.5) is 11.4 Å². The molecule has 0 unspecified atom stereocenters. The molecule has 0 aliphatic rings. The summed E-state index contributed by atoms with van der Waals surface area (Å²) < 4.78 is 5.88. The topological polar surface area (TPSA) is 57.9 Å². The summed E-state index contributed by atoms with van der Waals surface area (Å²) in [6.07, 6.45) is 1.59. The molecule has 0 spiro atoms. The number of pyridine rings is 1. The molecule has 4 rings (SSSR count). The van der Waals surface area contributed by atoms with Gasteiger partial charge in [-0.2, -0.15) is 5.26 Å². The maximum Gasteiger partial charge on any atom is 0.129 e. The SMILES string of the molecule is N#Cc1cnc2ccccc2c1Nc1cccc(Oc2ccccc2)c1. The van der Waals surface area contributed by atoms with Crippen LogP contribution >= 0.6 is 0 Å². The third-order valence-electron chi connectivity index (χ3n) is 3.98. The van der Waals surface area contributed by atoms with Crippen molar-refractivity contribution in [2.45, 2.75) is 0 Å². The molecule has 0 saturated heterocycles. The van der Waals surface area contributed by atoms with Crippen molar-refractivity contribution in [2.75, 3.05) is 5.32 Å². The second-order valence-corrected chi connectivity index (χ2v) is 5.74. The van der Waals surface area contributed by atoms with Crippen LogP contribution in [0.2, 0.25) is 0 Å². The van der Waals surface area contributed by atoms with Crippen LogP contribution in [0.3, 0.4) is 0 Å². The summed E-state index contributed by atoms with van der Waals surface area (Å²) in [5.74, 6) is 1.50. The minimum absolute atomic E-state index is 0.498. The smallest absolute Gasteiger partial charge is 0.129 e. The van der Waals surface area contributed by atoms with E-state index in [0.29, 0.717) is 5.56 Å². The van der Waals surface area contributed by atoms with Gasteiger partial charge in [-0.1, -0.05) is 42.5 Å². The summed E-state index contributed by atoms with van der Waals surface area (Å²) in [6.45, 7) is 0. The van der Waals surface area contributed by atoms with E-state index >= 15 is 0 Å². The standard InChI is InChI=1S/C22H15N3O/c23-14-16-15-24-21-12-5-4-11-20(21)22(16)25-17-7-6-10-19(13-17)26-18-8-2-1-3-9-18/h1-13,15H,(H,24,25). The minimum atomic E-state index is 0.498. The van der Waals surface area contributed by atoms with Gasteiger partial charge in [0.2, 0.25) is 0 Å². The van der Waals surface area contributed by atoms with Gasteiger partial charge in [0.25, 0.3) is 0 Å². The predicted molar refractivity (Wildman–Crippen MR) is 103 cm³/mol. The van der Waals surface area contributed by atoms with E-state index in [9.17, 15) is 5.26 Å². The Morgan fingerprint density at radius 3 is 2.46 bits per heavy atom. The second kappa shape index (κ2) is 6.96. The number of benzene rings is 3. The molecule has 124 valence electrons. The molecule has 26 heavy (non-hydrogen) atoms. The van der Waals surface area contributed by atoms with Gasteiger partial charge in [0.15, 0.2) is 0 Å². The van der Waals surface area contributed by atoms with Gasteiger partial charge in [0.05, 0.1) is 16.8 Å². The van der Waals surface area contributed by atoms with E-state index in [1.54, 1.807) is 6.20 Å². The van der Waals surface area contributed by atoms with Crippen molar-refractivity contribution in [3.8, 4) is 17.6 Å². The zero-order chi connectivity index (χ0) is 17.8. The van der Waals surface area contributed by atoms with Crippen LogP contribution in [0.1, 0.15) is 5.56 Å². The fourth-order valence-electron chi connectivity index (χ4n) is 2.77. The van der Waals surface area contributed by atoms with Gasteiger partial charge in [-0.15, -0.1) is 0 Å². The van der Waals surface area contributed by atoms with Crippen LogP contribution in [0.25, 0.3) is 10.9 Å². The van der Waals surface area contributed by atoms with Crippen LogP contribution in [0.5, 0.6) is 11.5 Å². The summed E-state index contributed by atoms with van der Waals surface area (Å²) in [5.41, 5.74) is 2.92. The Morgan fingerprint density at radius 1 is 0.846 bits per heavy atom. The number of para-hydroxylation sites is 2. The molecule has 0 saturated carbocycles. The van der Waals surface area contributed by atoms with E-state index < -0.39 is 0 Å². The highest BCUT2D eigenvalue weighted by atomic mass is 16.5. The van der Waals surface area contributed by atoms with Gasteiger partial charge in [0.1, 0.15) is 17.6 Å². The van der Waals surface area contributed by atoms with E-state index in [2.05, 4.69) is 16.4 Å². The molecule has 1 aromatic heterocycles. The molecule has 0 atom stereocenters. The molecule has 1 heterocycles. The van der Waals surface area contributed by atoms with E-state index in [4.69, 9.17) is 4.74 Å². The highest BCUT2D eigenvalue weighted by Crippen LogP contribution is 2.31. The first-order valence-corrected chi connectivity index (χ1v) is 8.21. The normalized spacial score (nSPS) is 10.3. The number of nitrogens with zero attached hydrogens (tertiary/aromatic N) is 2. The number of ether oxygens (including phenoxy) is 1. The lowest BCUT2D eigenvalue weighted by Gasteiger charge is -2.13. The molecular formula is C22H15N3O. The number of fused-ring (bicyclic) bond motifs is 1. The Labute approximate surface area is 151 Å². The monoisotopic (exact) mass is 337 g/mol. The molecule has 4 heteroatoms. The summed E-state index contributed by atoms with van der Waals surface area (Å²) >= 11 is 0. The first kappa shape index (κ1) is 15.7. The average molecular weight is 337 g/mol. The minimum Gasteiger partial charge on any atom is -0.457 e. The predicted octanol–water partition coefficient (Wildman–Crippen LogP) is 5.64. The van der Waals surface area contributed by atoms with Gasteiger partial charge in [0, 0.05) is 23.3 Å². The molecule has 0 aliphatic carbocycles. The van der Waals surface area contributed by atoms with Gasteiger partial charge in [-0.05, 0) is 30.3 Å². The Morgan fingerprint density at radius 2 is 1.62 bits per heavy atom. The first-order chi connectivity index (χ1) is 12.8. The zero-order valence-electron chi connectivity index (χ0n) is 13.9. The van der Waals surface area contributed by atoms with Gasteiger partial charge < -0.3 is 10.1 Å². The number of aromatic nitrogens is 1. The molecule has 0 bridgehead atoms. The lowest BCUT2D eigenvalue weighted by molar-refractivity contribution is 0.483. The van der Waals surface area contributed by atoms with Crippen LogP contribution in [-0.2, 0) is 0 Å². The van der Waals surface area contributed by atoms with Crippen LogP contribution in [-0.4, -0.2) is 4.98 Å². The summed E-state index contributed by atoms with van der Waals surface area (Å²) in [7, 11) is 0. The number of hydrogen-bond donors (Lipinski definition) is 1. The number of nitriles is 1. The van der Waals surface area contributed by atoms with Crippen molar-refractivity contribution in [3.63, 3.8) is 0 Å². The maximum absolute atomic E-state index is 9.45. The molecule has 4 nitrogen and oxygen atoms in total. The summed E-state index contributed by atoms with van der Waals surface area (Å²) in [6, 6.07) is 27.2. The zero-order valence-corrected chi connectivity index (χ0v) is 13.9. The lowest BCUT2D eigenvalue weighted by Crippen LogP contribution is -1.97. The summed E-state index contributed by atoms with van der Waals surface area (Å²) in [4.78, 5) is 4.34. The largest absolute Gasteiger partial charge is 0.457 e. The van der Waals surface area contributed by atoms with Crippen molar-refractivity contribution in [1.82, 2.24) is 4.98 Å². The first-order valence-electron chi connectivity index (χ1n) is 8.21. The molecule has 1 N–H and O–H groups in total. The van der Waals surface area contributed by atoms with Crippen molar-refractivity contribution < 1.29 is 4.74 Å². The highest BCUT2D eigenvalue weighted by Gasteiger charge is 2.09. The molecule has 0 aliphatic heterocycles. The molecule has 3 aromatic carbocycles. The fraction of sp³-hybridized carbons (Fsp3) is 0. The lowest BCUT2D eigenvalue weighted by atomic mass is 10.1. The second-order valence-electron chi connectivity index (χ2n) is 5.74.